The third-order valence-corrected chi connectivity index (χ3v) is 6.21. The summed E-state index contributed by atoms with van der Waals surface area (Å²) in [7, 11) is 1.62. The normalized spacial score (nSPS) is 41.7. The molecule has 110 valence electrons. The van der Waals surface area contributed by atoms with Crippen molar-refractivity contribution < 1.29 is 19.4 Å². The van der Waals surface area contributed by atoms with Crippen molar-refractivity contribution >= 4 is 5.78 Å². The van der Waals surface area contributed by atoms with Gasteiger partial charge in [0.15, 0.2) is 23.4 Å². The molecule has 0 radical (unpaired) electrons. The van der Waals surface area contributed by atoms with E-state index in [1.165, 1.54) is 5.56 Å². The van der Waals surface area contributed by atoms with Crippen molar-refractivity contribution in [3.8, 4) is 11.5 Å². The van der Waals surface area contributed by atoms with Gasteiger partial charge in [-0.3, -0.25) is 4.79 Å². The fourth-order valence-corrected chi connectivity index (χ4v) is 5.54. The Morgan fingerprint density at radius 2 is 2.24 bits per heavy atom. The molecule has 1 heterocycles. The number of ether oxygens (including phenoxy) is 2. The molecule has 5 rings (SSSR count). The van der Waals surface area contributed by atoms with E-state index < -0.39 is 17.1 Å². The van der Waals surface area contributed by atoms with E-state index in [9.17, 15) is 9.90 Å². The second kappa shape index (κ2) is 3.43. The average Bonchev–Trinajstić information content (AvgIpc) is 2.94. The van der Waals surface area contributed by atoms with Gasteiger partial charge in [-0.1, -0.05) is 6.07 Å². The van der Waals surface area contributed by atoms with Crippen molar-refractivity contribution in [2.75, 3.05) is 7.11 Å². The average molecular weight is 286 g/mol. The summed E-state index contributed by atoms with van der Waals surface area (Å²) in [5.41, 5.74) is 0.982. The van der Waals surface area contributed by atoms with Crippen LogP contribution in [0.5, 0.6) is 11.5 Å². The van der Waals surface area contributed by atoms with Gasteiger partial charge < -0.3 is 14.6 Å². The predicted molar refractivity (Wildman–Crippen MR) is 74.7 cm³/mol. The van der Waals surface area contributed by atoms with Crippen LogP contribution in [0.15, 0.2) is 12.1 Å². The molecule has 4 nitrogen and oxygen atoms in total. The summed E-state index contributed by atoms with van der Waals surface area (Å²) in [6.45, 7) is 0. The van der Waals surface area contributed by atoms with Crippen molar-refractivity contribution in [2.45, 2.75) is 49.2 Å². The zero-order valence-corrected chi connectivity index (χ0v) is 12.0. The molecule has 4 atom stereocenters. The first kappa shape index (κ1) is 12.0. The van der Waals surface area contributed by atoms with Crippen molar-refractivity contribution in [1.82, 2.24) is 0 Å². The Kier molecular flexibility index (Phi) is 1.97. The standard InChI is InChI=1S/C17H18O4/c1-20-12-3-2-10-6-9-7-16(19)5-4-11(18)15-17(16,8-9)13(10)14(12)21-15/h2-3,9,15,19H,4-8H2,1H3/t9?,15-,16+,17-/m0/s1. The van der Waals surface area contributed by atoms with Gasteiger partial charge in [0, 0.05) is 12.0 Å². The third kappa shape index (κ3) is 1.13. The van der Waals surface area contributed by atoms with Gasteiger partial charge in [-0.2, -0.15) is 0 Å². The van der Waals surface area contributed by atoms with Crippen LogP contribution in [0.1, 0.15) is 36.8 Å². The summed E-state index contributed by atoms with van der Waals surface area (Å²) < 4.78 is 11.5. The number of carbonyl (C=O) groups excluding carboxylic acids is 1. The molecule has 0 aromatic heterocycles. The molecule has 2 bridgehead atoms. The predicted octanol–water partition coefficient (Wildman–Crippen LogP) is 1.75. The third-order valence-electron chi connectivity index (χ3n) is 6.21. The Labute approximate surface area is 123 Å². The number of benzene rings is 1. The van der Waals surface area contributed by atoms with Crippen LogP contribution < -0.4 is 9.47 Å². The van der Waals surface area contributed by atoms with Crippen LogP contribution in [0.2, 0.25) is 0 Å². The zero-order chi connectivity index (χ0) is 14.4. The molecule has 1 spiro atoms. The van der Waals surface area contributed by atoms with E-state index in [4.69, 9.17) is 9.47 Å². The van der Waals surface area contributed by atoms with E-state index in [0.29, 0.717) is 30.3 Å². The molecule has 1 aromatic rings. The monoisotopic (exact) mass is 286 g/mol. The highest BCUT2D eigenvalue weighted by Crippen LogP contribution is 2.67. The lowest BCUT2D eigenvalue weighted by atomic mass is 9.58. The lowest BCUT2D eigenvalue weighted by molar-refractivity contribution is -0.144. The molecule has 4 aliphatic rings. The van der Waals surface area contributed by atoms with Crippen molar-refractivity contribution in [1.29, 1.82) is 0 Å². The lowest BCUT2D eigenvalue weighted by Crippen LogP contribution is -2.60. The molecule has 2 fully saturated rings. The molecular weight excluding hydrogens is 268 g/mol. The zero-order valence-electron chi connectivity index (χ0n) is 12.0. The molecule has 0 amide bonds. The summed E-state index contributed by atoms with van der Waals surface area (Å²) in [5, 5.41) is 11.3. The Morgan fingerprint density at radius 3 is 3.05 bits per heavy atom. The summed E-state index contributed by atoms with van der Waals surface area (Å²) in [6.07, 6.45) is 3.09. The van der Waals surface area contributed by atoms with E-state index in [2.05, 4.69) is 6.07 Å². The SMILES string of the molecule is COc1ccc2c3c1O[C@H]1C(=O)CC[C@@]4(O)CC(C2)C[C@]314. The first-order valence-corrected chi connectivity index (χ1v) is 7.71. The highest BCUT2D eigenvalue weighted by atomic mass is 16.5. The largest absolute Gasteiger partial charge is 0.493 e. The van der Waals surface area contributed by atoms with Gasteiger partial charge in [0.05, 0.1) is 18.1 Å². The molecule has 1 aromatic carbocycles. The number of rotatable bonds is 1. The number of fused-ring (bicyclic) bond motifs is 1. The maximum absolute atomic E-state index is 12.5. The summed E-state index contributed by atoms with van der Waals surface area (Å²) in [6, 6.07) is 4.01. The molecule has 2 saturated carbocycles. The van der Waals surface area contributed by atoms with E-state index >= 15 is 0 Å². The first-order chi connectivity index (χ1) is 10.1. The number of carbonyl (C=O) groups is 1. The Morgan fingerprint density at radius 1 is 1.38 bits per heavy atom. The van der Waals surface area contributed by atoms with Gasteiger partial charge in [0.1, 0.15) is 0 Å². The van der Waals surface area contributed by atoms with Crippen LogP contribution in [0.25, 0.3) is 0 Å². The minimum Gasteiger partial charge on any atom is -0.493 e. The van der Waals surface area contributed by atoms with Gasteiger partial charge in [-0.05, 0) is 43.2 Å². The molecule has 1 N–H and O–H groups in total. The van der Waals surface area contributed by atoms with Gasteiger partial charge in [-0.15, -0.1) is 0 Å². The molecule has 21 heavy (non-hydrogen) atoms. The Balaban J connectivity index is 1.86. The second-order valence-electron chi connectivity index (χ2n) is 7.08. The topological polar surface area (TPSA) is 55.8 Å². The first-order valence-electron chi connectivity index (χ1n) is 7.71. The maximum atomic E-state index is 12.5. The van der Waals surface area contributed by atoms with E-state index in [-0.39, 0.29) is 5.78 Å². The molecular formula is C17H18O4. The second-order valence-corrected chi connectivity index (χ2v) is 7.08. The molecule has 3 aliphatic carbocycles. The molecule has 0 saturated heterocycles. The minimum atomic E-state index is -0.793. The summed E-state index contributed by atoms with van der Waals surface area (Å²) >= 11 is 0. The highest BCUT2D eigenvalue weighted by molar-refractivity contribution is 5.90. The molecule has 1 aliphatic heterocycles. The molecule has 1 unspecified atom stereocenters. The van der Waals surface area contributed by atoms with Gasteiger partial charge in [0.2, 0.25) is 0 Å². The van der Waals surface area contributed by atoms with Crippen molar-refractivity contribution in [3.05, 3.63) is 23.3 Å². The molecule has 4 heteroatoms. The highest BCUT2D eigenvalue weighted by Gasteiger charge is 2.72. The Bertz CT molecular complexity index is 682. The van der Waals surface area contributed by atoms with Crippen molar-refractivity contribution in [2.24, 2.45) is 5.92 Å². The maximum Gasteiger partial charge on any atom is 0.174 e. The number of hydrogen-bond acceptors (Lipinski definition) is 4. The summed E-state index contributed by atoms with van der Waals surface area (Å²) in [4.78, 5) is 12.5. The Hall–Kier alpha value is -1.55. The van der Waals surface area contributed by atoms with E-state index in [1.54, 1.807) is 7.11 Å². The van der Waals surface area contributed by atoms with Gasteiger partial charge >= 0.3 is 0 Å². The fraction of sp³-hybridized carbons (Fsp3) is 0.588. The van der Waals surface area contributed by atoms with Crippen LogP contribution in [-0.4, -0.2) is 29.7 Å². The van der Waals surface area contributed by atoms with Crippen LogP contribution in [-0.2, 0) is 16.6 Å². The van der Waals surface area contributed by atoms with Crippen LogP contribution in [0, 0.1) is 5.92 Å². The number of methoxy groups -OCH3 is 1. The van der Waals surface area contributed by atoms with E-state index in [1.807, 2.05) is 6.07 Å². The van der Waals surface area contributed by atoms with Crippen LogP contribution in [0.3, 0.4) is 0 Å². The number of Topliss-reactive ketones (excluding diaryl/α,β-unsaturated/α-hetero) is 1. The van der Waals surface area contributed by atoms with E-state index in [0.717, 1.165) is 24.8 Å². The summed E-state index contributed by atoms with van der Waals surface area (Å²) in [5.74, 6) is 1.97. The number of hydrogen-bond donors (Lipinski definition) is 1. The van der Waals surface area contributed by atoms with Crippen LogP contribution >= 0.6 is 0 Å². The lowest BCUT2D eigenvalue weighted by Gasteiger charge is -2.46. The van der Waals surface area contributed by atoms with Crippen LogP contribution in [0.4, 0.5) is 0 Å². The fourth-order valence-electron chi connectivity index (χ4n) is 5.54. The van der Waals surface area contributed by atoms with Crippen molar-refractivity contribution in [3.63, 3.8) is 0 Å². The van der Waals surface area contributed by atoms with Gasteiger partial charge in [0.25, 0.3) is 0 Å². The smallest absolute Gasteiger partial charge is 0.174 e. The number of ketones is 1. The minimum absolute atomic E-state index is 0.131. The number of aliphatic hydroxyl groups is 1. The quantitative estimate of drug-likeness (QED) is 0.854. The van der Waals surface area contributed by atoms with Gasteiger partial charge in [-0.25, -0.2) is 0 Å².